The maximum absolute atomic E-state index is 12.4. The summed E-state index contributed by atoms with van der Waals surface area (Å²) in [4.78, 5) is 12.4. The van der Waals surface area contributed by atoms with Crippen LogP contribution in [0, 0.1) is 6.92 Å². The SMILES string of the molecule is COc1ccc(CNC(=O)c2nnn(C3CCNCC3)c2C)cc1Cl. The summed E-state index contributed by atoms with van der Waals surface area (Å²) in [6, 6.07) is 5.72. The van der Waals surface area contributed by atoms with E-state index < -0.39 is 0 Å². The Morgan fingerprint density at radius 2 is 2.20 bits per heavy atom. The van der Waals surface area contributed by atoms with Crippen molar-refractivity contribution < 1.29 is 9.53 Å². The predicted octanol–water partition coefficient (Wildman–Crippen LogP) is 2.10. The molecule has 1 saturated heterocycles. The molecule has 2 heterocycles. The van der Waals surface area contributed by atoms with E-state index in [2.05, 4.69) is 20.9 Å². The summed E-state index contributed by atoms with van der Waals surface area (Å²) >= 11 is 6.11. The fraction of sp³-hybridized carbons (Fsp3) is 0.471. The largest absolute Gasteiger partial charge is 0.495 e. The van der Waals surface area contributed by atoms with Crippen LogP contribution in [-0.4, -0.2) is 41.1 Å². The van der Waals surface area contributed by atoms with Crippen molar-refractivity contribution in [2.45, 2.75) is 32.4 Å². The van der Waals surface area contributed by atoms with Crippen molar-refractivity contribution in [2.24, 2.45) is 0 Å². The third kappa shape index (κ3) is 3.93. The Balaban J connectivity index is 1.65. The maximum atomic E-state index is 12.4. The van der Waals surface area contributed by atoms with Gasteiger partial charge in [-0.05, 0) is 50.6 Å². The number of halogens is 1. The van der Waals surface area contributed by atoms with E-state index in [0.29, 0.717) is 29.1 Å². The number of carbonyl (C=O) groups is 1. The molecule has 1 aromatic carbocycles. The molecule has 0 bridgehead atoms. The van der Waals surface area contributed by atoms with E-state index >= 15 is 0 Å². The molecule has 1 amide bonds. The second-order valence-electron chi connectivity index (χ2n) is 6.10. The van der Waals surface area contributed by atoms with Gasteiger partial charge < -0.3 is 15.4 Å². The zero-order chi connectivity index (χ0) is 17.8. The van der Waals surface area contributed by atoms with Gasteiger partial charge in [0.25, 0.3) is 5.91 Å². The Kier molecular flexibility index (Phi) is 5.55. The number of nitrogens with zero attached hydrogens (tertiary/aromatic N) is 3. The number of methoxy groups -OCH3 is 1. The molecule has 1 aliphatic heterocycles. The van der Waals surface area contributed by atoms with Crippen molar-refractivity contribution in [3.05, 3.63) is 40.2 Å². The number of ether oxygens (including phenoxy) is 1. The number of piperidine rings is 1. The molecule has 25 heavy (non-hydrogen) atoms. The summed E-state index contributed by atoms with van der Waals surface area (Å²) in [6.45, 7) is 4.18. The van der Waals surface area contributed by atoms with Gasteiger partial charge in [-0.15, -0.1) is 5.10 Å². The molecule has 2 aromatic rings. The molecule has 0 radical (unpaired) electrons. The van der Waals surface area contributed by atoms with Crippen LogP contribution in [0.4, 0.5) is 0 Å². The quantitative estimate of drug-likeness (QED) is 0.850. The highest BCUT2D eigenvalue weighted by Crippen LogP contribution is 2.25. The van der Waals surface area contributed by atoms with Crippen molar-refractivity contribution >= 4 is 17.5 Å². The van der Waals surface area contributed by atoms with Gasteiger partial charge in [-0.25, -0.2) is 4.68 Å². The molecule has 0 aliphatic carbocycles. The van der Waals surface area contributed by atoms with Gasteiger partial charge in [0.15, 0.2) is 5.69 Å². The van der Waals surface area contributed by atoms with Gasteiger partial charge in [-0.1, -0.05) is 22.9 Å². The highest BCUT2D eigenvalue weighted by Gasteiger charge is 2.22. The summed E-state index contributed by atoms with van der Waals surface area (Å²) in [7, 11) is 1.57. The monoisotopic (exact) mass is 363 g/mol. The molecule has 134 valence electrons. The Morgan fingerprint density at radius 1 is 1.44 bits per heavy atom. The third-order valence-corrected chi connectivity index (χ3v) is 4.76. The lowest BCUT2D eigenvalue weighted by atomic mass is 10.1. The fourth-order valence-electron chi connectivity index (χ4n) is 3.03. The van der Waals surface area contributed by atoms with Gasteiger partial charge in [-0.2, -0.15) is 0 Å². The van der Waals surface area contributed by atoms with Crippen LogP contribution >= 0.6 is 11.6 Å². The van der Waals surface area contributed by atoms with Crippen LogP contribution in [0.25, 0.3) is 0 Å². The molecular weight excluding hydrogens is 342 g/mol. The van der Waals surface area contributed by atoms with E-state index in [9.17, 15) is 4.79 Å². The average Bonchev–Trinajstić information content (AvgIpc) is 3.02. The second kappa shape index (κ2) is 7.84. The molecule has 0 saturated carbocycles. The molecule has 0 unspecified atom stereocenters. The number of hydrogen-bond acceptors (Lipinski definition) is 5. The zero-order valence-electron chi connectivity index (χ0n) is 14.4. The Labute approximate surface area is 151 Å². The summed E-state index contributed by atoms with van der Waals surface area (Å²) in [5.74, 6) is 0.377. The van der Waals surface area contributed by atoms with Crippen molar-refractivity contribution in [1.29, 1.82) is 0 Å². The molecule has 7 nitrogen and oxygen atoms in total. The Bertz CT molecular complexity index is 755. The zero-order valence-corrected chi connectivity index (χ0v) is 15.1. The lowest BCUT2D eigenvalue weighted by molar-refractivity contribution is 0.0945. The first kappa shape index (κ1) is 17.7. The Hall–Kier alpha value is -2.12. The van der Waals surface area contributed by atoms with Gasteiger partial charge in [0.2, 0.25) is 0 Å². The van der Waals surface area contributed by atoms with E-state index in [4.69, 9.17) is 16.3 Å². The lowest BCUT2D eigenvalue weighted by Crippen LogP contribution is -2.30. The van der Waals surface area contributed by atoms with Gasteiger partial charge in [0, 0.05) is 6.54 Å². The molecule has 1 fully saturated rings. The number of amides is 1. The number of aromatic nitrogens is 3. The number of benzene rings is 1. The van der Waals surface area contributed by atoms with Crippen molar-refractivity contribution in [2.75, 3.05) is 20.2 Å². The minimum absolute atomic E-state index is 0.232. The summed E-state index contributed by atoms with van der Waals surface area (Å²) < 4.78 is 7.00. The second-order valence-corrected chi connectivity index (χ2v) is 6.51. The molecular formula is C17H22ClN5O2. The standard InChI is InChI=1S/C17H22ClN5O2/c1-11-16(21-22-23(11)13-5-7-19-8-6-13)17(24)20-10-12-3-4-15(25-2)14(18)9-12/h3-4,9,13,19H,5-8,10H2,1-2H3,(H,20,24). The van der Waals surface area contributed by atoms with Crippen LogP contribution in [0.1, 0.15) is 40.6 Å². The lowest BCUT2D eigenvalue weighted by Gasteiger charge is -2.23. The molecule has 0 spiro atoms. The fourth-order valence-corrected chi connectivity index (χ4v) is 3.31. The normalized spacial score (nSPS) is 15.2. The van der Waals surface area contributed by atoms with Crippen molar-refractivity contribution in [3.8, 4) is 5.75 Å². The minimum atomic E-state index is -0.232. The third-order valence-electron chi connectivity index (χ3n) is 4.47. The smallest absolute Gasteiger partial charge is 0.274 e. The molecule has 2 N–H and O–H groups in total. The van der Waals surface area contributed by atoms with E-state index in [1.807, 2.05) is 17.7 Å². The molecule has 3 rings (SSSR count). The van der Waals surface area contributed by atoms with Crippen molar-refractivity contribution in [1.82, 2.24) is 25.6 Å². The average molecular weight is 364 g/mol. The first-order chi connectivity index (χ1) is 12.1. The Morgan fingerprint density at radius 3 is 2.88 bits per heavy atom. The first-order valence-corrected chi connectivity index (χ1v) is 8.71. The van der Waals surface area contributed by atoms with Crippen molar-refractivity contribution in [3.63, 3.8) is 0 Å². The molecule has 0 atom stereocenters. The summed E-state index contributed by atoms with van der Waals surface area (Å²) in [6.07, 6.45) is 1.99. The van der Waals surface area contributed by atoms with Crippen LogP contribution in [0.2, 0.25) is 5.02 Å². The van der Waals surface area contributed by atoms with Gasteiger partial charge >= 0.3 is 0 Å². The minimum Gasteiger partial charge on any atom is -0.495 e. The predicted molar refractivity (Wildman–Crippen MR) is 95.1 cm³/mol. The van der Waals surface area contributed by atoms with Crippen LogP contribution in [0.3, 0.4) is 0 Å². The number of hydrogen-bond donors (Lipinski definition) is 2. The summed E-state index contributed by atoms with van der Waals surface area (Å²) in [5.41, 5.74) is 2.07. The molecule has 8 heteroatoms. The maximum Gasteiger partial charge on any atom is 0.274 e. The molecule has 1 aromatic heterocycles. The van der Waals surface area contributed by atoms with Crippen LogP contribution in [0.5, 0.6) is 5.75 Å². The van der Waals surface area contributed by atoms with E-state index in [1.54, 1.807) is 19.2 Å². The van der Waals surface area contributed by atoms with Crippen LogP contribution < -0.4 is 15.4 Å². The highest BCUT2D eigenvalue weighted by molar-refractivity contribution is 6.32. The topological polar surface area (TPSA) is 81.1 Å². The number of rotatable bonds is 5. The molecule has 1 aliphatic rings. The van der Waals surface area contributed by atoms with Crippen LogP contribution in [-0.2, 0) is 6.54 Å². The van der Waals surface area contributed by atoms with E-state index in [1.165, 1.54) is 0 Å². The van der Waals surface area contributed by atoms with E-state index in [-0.39, 0.29) is 5.91 Å². The van der Waals surface area contributed by atoms with Crippen LogP contribution in [0.15, 0.2) is 18.2 Å². The number of carbonyl (C=O) groups excluding carboxylic acids is 1. The first-order valence-electron chi connectivity index (χ1n) is 8.33. The van der Waals surface area contributed by atoms with E-state index in [0.717, 1.165) is 37.2 Å². The van der Waals surface area contributed by atoms with Gasteiger partial charge in [-0.3, -0.25) is 4.79 Å². The number of nitrogens with one attached hydrogen (secondary N) is 2. The highest BCUT2D eigenvalue weighted by atomic mass is 35.5. The van der Waals surface area contributed by atoms with Gasteiger partial charge in [0.1, 0.15) is 5.75 Å². The summed E-state index contributed by atoms with van der Waals surface area (Å²) in [5, 5.41) is 15.0. The van der Waals surface area contributed by atoms with Gasteiger partial charge in [0.05, 0.1) is 23.9 Å².